The zero-order valence-electron chi connectivity index (χ0n) is 39.5. The van der Waals surface area contributed by atoms with E-state index in [0.717, 1.165) is 29.1 Å². The van der Waals surface area contributed by atoms with Gasteiger partial charge in [0.25, 0.3) is 11.8 Å². The molecule has 0 bridgehead atoms. The van der Waals surface area contributed by atoms with Crippen LogP contribution in [-0.4, -0.2) is 133 Å². The number of aliphatic carboxylic acids is 5. The SMILES string of the molecule is O=C(O)CCC(NC(=O)NC(CCCCNC(=O)C(Cc1ccc2ccccc2c1)NC(=O)c1ccc(CNC(=O)C(CCC(=O)O)NC(=O)CCC(NC(=O)c2ccc([18F])nc2)C(=O)O)cc1)C(=O)O)C(=O)O. The number of aromatic nitrogens is 1. The number of hydrogen-bond acceptors (Lipinski definition) is 12. The third kappa shape index (κ3) is 19.6. The van der Waals surface area contributed by atoms with Crippen molar-refractivity contribution in [3.63, 3.8) is 0 Å². The van der Waals surface area contributed by atoms with Crippen LogP contribution < -0.4 is 37.2 Å². The Morgan fingerprint density at radius 1 is 0.500 bits per heavy atom. The lowest BCUT2D eigenvalue weighted by Crippen LogP contribution is -2.51. The van der Waals surface area contributed by atoms with Gasteiger partial charge < -0.3 is 62.8 Å². The van der Waals surface area contributed by atoms with Crippen LogP contribution in [0.3, 0.4) is 0 Å². The van der Waals surface area contributed by atoms with E-state index in [1.165, 1.54) is 24.3 Å². The predicted octanol–water partition coefficient (Wildman–Crippen LogP) is 1.70. The Kier molecular flexibility index (Phi) is 22.3. The Morgan fingerprint density at radius 3 is 1.64 bits per heavy atom. The predicted molar refractivity (Wildman–Crippen MR) is 257 cm³/mol. The molecule has 4 aromatic rings. The fourth-order valence-electron chi connectivity index (χ4n) is 7.18. The molecule has 1 aromatic heterocycles. The number of carboxylic acids is 5. The molecule has 0 radical (unpaired) electrons. The van der Waals surface area contributed by atoms with Gasteiger partial charge in [-0.1, -0.05) is 54.6 Å². The molecule has 0 aliphatic rings. The van der Waals surface area contributed by atoms with Crippen molar-refractivity contribution in [3.05, 3.63) is 113 Å². The number of benzene rings is 3. The first-order valence-electron chi connectivity index (χ1n) is 23.0. The van der Waals surface area contributed by atoms with E-state index in [9.17, 15) is 77.6 Å². The fraction of sp³-hybridized carbons (Fsp3) is 0.347. The average Bonchev–Trinajstić information content (AvgIpc) is 3.36. The summed E-state index contributed by atoms with van der Waals surface area (Å²) in [6.07, 6.45) is -1.54. The first-order chi connectivity index (χ1) is 35.2. The van der Waals surface area contributed by atoms with Gasteiger partial charge in [0.1, 0.15) is 30.2 Å². The molecule has 0 aliphatic heterocycles. The highest BCUT2D eigenvalue weighted by atomic mass is 18.2. The molecule has 1 heterocycles. The number of rotatable bonds is 30. The number of nitrogens with one attached hydrogen (secondary N) is 7. The van der Waals surface area contributed by atoms with Crippen molar-refractivity contribution < 1.29 is 82.7 Å². The van der Waals surface area contributed by atoms with E-state index in [1.807, 2.05) is 42.5 Å². The largest absolute Gasteiger partial charge is 0.481 e. The van der Waals surface area contributed by atoms with Gasteiger partial charge in [-0.2, -0.15) is 4.39 Å². The summed E-state index contributed by atoms with van der Waals surface area (Å²) >= 11 is 0. The molecule has 74 heavy (non-hydrogen) atoms. The summed E-state index contributed by atoms with van der Waals surface area (Å²) in [5.41, 5.74) is 1.18. The molecule has 5 atom stereocenters. The van der Waals surface area contributed by atoms with Gasteiger partial charge in [0.2, 0.25) is 23.7 Å². The van der Waals surface area contributed by atoms with Crippen LogP contribution in [0.4, 0.5) is 9.18 Å². The number of urea groups is 1. The standard InChI is InChI=1S/C49H55FN8O16/c50-38-18-14-32(26-52-38)43(65)55-35(47(70)71)15-19-39(59)54-33(16-20-40(60)61)44(66)53-25-27-8-12-30(13-9-27)42(64)56-37(24-28-10-11-29-5-1-2-6-31(29)23-28)45(67)51-22-4-3-7-34(46(68)69)57-49(74)58-36(48(72)73)17-21-41(62)63/h1-2,5-6,8-14,18,23,26,33-37H,3-4,7,15-17,19-22,24-25H2,(H,51,67)(H,53,66)(H,54,59)(H,55,65)(H,56,64)(H,60,61)(H,62,63)(H,68,69)(H,70,71)(H,72,73)(H2,57,58,74)/i50-1. The lowest BCUT2D eigenvalue weighted by molar-refractivity contribution is -0.141. The molecule has 24 nitrogen and oxygen atoms in total. The molecule has 394 valence electrons. The maximum Gasteiger partial charge on any atom is 0.326 e. The highest BCUT2D eigenvalue weighted by molar-refractivity contribution is 5.98. The molecule has 25 heteroatoms. The van der Waals surface area contributed by atoms with E-state index >= 15 is 0 Å². The van der Waals surface area contributed by atoms with Crippen LogP contribution in [0, 0.1) is 5.95 Å². The molecule has 4 rings (SSSR count). The molecule has 0 aliphatic carbocycles. The number of amides is 7. The lowest BCUT2D eigenvalue weighted by Gasteiger charge is -2.20. The van der Waals surface area contributed by atoms with E-state index in [2.05, 4.69) is 42.2 Å². The molecule has 5 unspecified atom stereocenters. The van der Waals surface area contributed by atoms with Crippen molar-refractivity contribution in [2.45, 2.75) is 101 Å². The third-order valence-corrected chi connectivity index (χ3v) is 11.2. The van der Waals surface area contributed by atoms with Crippen LogP contribution in [0.25, 0.3) is 10.8 Å². The van der Waals surface area contributed by atoms with Crippen molar-refractivity contribution in [1.82, 2.24) is 42.2 Å². The molecule has 0 saturated heterocycles. The monoisotopic (exact) mass is 1030 g/mol. The number of halogens is 1. The summed E-state index contributed by atoms with van der Waals surface area (Å²) in [4.78, 5) is 139. The highest BCUT2D eigenvalue weighted by Gasteiger charge is 2.28. The Balaban J connectivity index is 1.34. The third-order valence-electron chi connectivity index (χ3n) is 11.2. The topological polar surface area (TPSA) is 386 Å². The Morgan fingerprint density at radius 2 is 1.03 bits per heavy atom. The minimum absolute atomic E-state index is 0.0299. The minimum Gasteiger partial charge on any atom is -0.481 e. The van der Waals surface area contributed by atoms with Gasteiger partial charge in [0.05, 0.1) is 5.56 Å². The summed E-state index contributed by atoms with van der Waals surface area (Å²) in [5.74, 6) is -11.5. The smallest absolute Gasteiger partial charge is 0.326 e. The van der Waals surface area contributed by atoms with Crippen molar-refractivity contribution in [3.8, 4) is 0 Å². The van der Waals surface area contributed by atoms with Crippen LogP contribution in [0.2, 0.25) is 0 Å². The average molecular weight is 1030 g/mol. The van der Waals surface area contributed by atoms with Crippen LogP contribution >= 0.6 is 0 Å². The van der Waals surface area contributed by atoms with Gasteiger partial charge in [-0.3, -0.25) is 33.6 Å². The Labute approximate surface area is 420 Å². The van der Waals surface area contributed by atoms with E-state index < -0.39 is 134 Å². The normalized spacial score (nSPS) is 12.8. The number of carbonyl (C=O) groups excluding carboxylic acids is 6. The Bertz CT molecular complexity index is 2690. The van der Waals surface area contributed by atoms with Gasteiger partial charge >= 0.3 is 35.9 Å². The molecule has 7 amide bonds. The lowest BCUT2D eigenvalue weighted by atomic mass is 10.0. The first kappa shape index (κ1) is 57.5. The van der Waals surface area contributed by atoms with Crippen molar-refractivity contribution in [1.29, 1.82) is 0 Å². The van der Waals surface area contributed by atoms with Gasteiger partial charge in [0, 0.05) is 50.5 Å². The van der Waals surface area contributed by atoms with Gasteiger partial charge in [-0.15, -0.1) is 0 Å². The Hall–Kier alpha value is -9.03. The molecular formula is C49H55FN8O16. The number of carboxylic acid groups (broad SMARTS) is 5. The highest BCUT2D eigenvalue weighted by Crippen LogP contribution is 2.18. The number of carbonyl (C=O) groups is 11. The van der Waals surface area contributed by atoms with E-state index in [4.69, 9.17) is 5.11 Å². The molecule has 0 spiro atoms. The molecular weight excluding hydrogens is 975 g/mol. The fourth-order valence-corrected chi connectivity index (χ4v) is 7.18. The van der Waals surface area contributed by atoms with Crippen molar-refractivity contribution in [2.24, 2.45) is 0 Å². The van der Waals surface area contributed by atoms with Crippen molar-refractivity contribution in [2.75, 3.05) is 6.54 Å². The molecule has 0 saturated carbocycles. The quantitative estimate of drug-likeness (QED) is 0.0261. The molecule has 0 fully saturated rings. The van der Waals surface area contributed by atoms with Crippen LogP contribution in [0.15, 0.2) is 85.1 Å². The summed E-state index contributed by atoms with van der Waals surface area (Å²) in [5, 5.41) is 65.4. The van der Waals surface area contributed by atoms with E-state index in [0.29, 0.717) is 11.1 Å². The number of fused-ring (bicyclic) bond motifs is 1. The van der Waals surface area contributed by atoms with E-state index in [-0.39, 0.29) is 56.3 Å². The summed E-state index contributed by atoms with van der Waals surface area (Å²) < 4.78 is 13.2. The van der Waals surface area contributed by atoms with Crippen LogP contribution in [-0.2, 0) is 51.3 Å². The zero-order chi connectivity index (χ0) is 54.3. The zero-order valence-corrected chi connectivity index (χ0v) is 39.5. The summed E-state index contributed by atoms with van der Waals surface area (Å²) in [6.45, 7) is -0.114. The summed E-state index contributed by atoms with van der Waals surface area (Å²) in [6, 6.07) is 12.7. The number of unbranched alkanes of at least 4 members (excludes halogenated alkanes) is 1. The second-order valence-corrected chi connectivity index (χ2v) is 16.8. The van der Waals surface area contributed by atoms with Crippen LogP contribution in [0.1, 0.15) is 89.6 Å². The van der Waals surface area contributed by atoms with E-state index in [1.54, 1.807) is 0 Å². The van der Waals surface area contributed by atoms with Gasteiger partial charge in [-0.05, 0) is 84.7 Å². The number of pyridine rings is 1. The van der Waals surface area contributed by atoms with Crippen molar-refractivity contribution >= 4 is 76.2 Å². The van der Waals surface area contributed by atoms with Gasteiger partial charge in [0.15, 0.2) is 0 Å². The maximum atomic E-state index is 13.7. The molecule has 12 N–H and O–H groups in total. The van der Waals surface area contributed by atoms with Crippen LogP contribution in [0.5, 0.6) is 0 Å². The van der Waals surface area contributed by atoms with Gasteiger partial charge in [-0.25, -0.2) is 24.2 Å². The maximum absolute atomic E-state index is 13.7. The number of nitrogens with zero attached hydrogens (tertiary/aromatic N) is 1. The summed E-state index contributed by atoms with van der Waals surface area (Å²) in [7, 11) is 0. The minimum atomic E-state index is -1.58. The second kappa shape index (κ2) is 28.7. The first-order valence-corrected chi connectivity index (χ1v) is 23.0. The molecule has 3 aromatic carbocycles. The second-order valence-electron chi connectivity index (χ2n) is 16.8. The number of hydrogen-bond donors (Lipinski definition) is 12.